The summed E-state index contributed by atoms with van der Waals surface area (Å²) < 4.78 is 0.264. The van der Waals surface area contributed by atoms with Gasteiger partial charge in [0.1, 0.15) is 0 Å². The Morgan fingerprint density at radius 3 is 2.00 bits per heavy atom. The third-order valence-electron chi connectivity index (χ3n) is 1.19. The zero-order valence-electron chi connectivity index (χ0n) is 5.40. The molecule has 0 spiro atoms. The van der Waals surface area contributed by atoms with Gasteiger partial charge in [-0.15, -0.1) is 0 Å². The second-order valence-corrected chi connectivity index (χ2v) is 3.60. The molecule has 0 saturated carbocycles. The number of hydrogen-bond donors (Lipinski definition) is 1. The molecule has 0 aliphatic carbocycles. The monoisotopic (exact) mass is 252 g/mol. The molecular weight excluding hydrogens is 248 g/mol. The van der Waals surface area contributed by atoms with E-state index in [0.717, 1.165) is 0 Å². The van der Waals surface area contributed by atoms with Crippen molar-refractivity contribution in [2.24, 2.45) is 0 Å². The SMILES string of the molecule is N=C([Se])c1c(Cl)cccc1Cl. The van der Waals surface area contributed by atoms with Crippen molar-refractivity contribution in [3.63, 3.8) is 0 Å². The zero-order chi connectivity index (χ0) is 8.43. The van der Waals surface area contributed by atoms with Gasteiger partial charge in [0, 0.05) is 0 Å². The van der Waals surface area contributed by atoms with Gasteiger partial charge in [-0.05, 0) is 0 Å². The minimum absolute atomic E-state index is 0.264. The summed E-state index contributed by atoms with van der Waals surface area (Å²) in [6, 6.07) is 5.15. The first-order valence-electron chi connectivity index (χ1n) is 2.83. The van der Waals surface area contributed by atoms with Crippen molar-refractivity contribution in [2.75, 3.05) is 0 Å². The van der Waals surface area contributed by atoms with E-state index in [1.54, 1.807) is 18.2 Å². The van der Waals surface area contributed by atoms with Gasteiger partial charge >= 0.3 is 83.0 Å². The van der Waals surface area contributed by atoms with E-state index >= 15 is 0 Å². The van der Waals surface area contributed by atoms with Crippen LogP contribution in [0.4, 0.5) is 0 Å². The maximum absolute atomic E-state index is 7.29. The van der Waals surface area contributed by atoms with Crippen LogP contribution in [0.25, 0.3) is 0 Å². The quantitative estimate of drug-likeness (QED) is 0.586. The first-order valence-corrected chi connectivity index (χ1v) is 4.44. The van der Waals surface area contributed by atoms with Crippen molar-refractivity contribution in [3.8, 4) is 0 Å². The summed E-state index contributed by atoms with van der Waals surface area (Å²) in [7, 11) is 0. The molecule has 0 aromatic heterocycles. The van der Waals surface area contributed by atoms with E-state index < -0.39 is 0 Å². The first-order chi connectivity index (χ1) is 5.13. The van der Waals surface area contributed by atoms with E-state index in [2.05, 4.69) is 16.0 Å². The third kappa shape index (κ3) is 1.97. The van der Waals surface area contributed by atoms with Gasteiger partial charge in [-0.25, -0.2) is 0 Å². The minimum atomic E-state index is 0.264. The van der Waals surface area contributed by atoms with Crippen LogP contribution in [-0.2, 0) is 0 Å². The molecule has 4 heteroatoms. The van der Waals surface area contributed by atoms with Crippen LogP contribution >= 0.6 is 23.2 Å². The number of benzene rings is 1. The maximum atomic E-state index is 7.29. The number of hydrogen-bond acceptors (Lipinski definition) is 1. The molecule has 0 atom stereocenters. The zero-order valence-corrected chi connectivity index (χ0v) is 8.62. The molecule has 0 amide bonds. The standard InChI is InChI=1S/C7H4Cl2NSe/c8-4-2-1-3-5(9)6(4)7(10)11/h1-3,10H. The van der Waals surface area contributed by atoms with Gasteiger partial charge in [0.25, 0.3) is 0 Å². The number of nitrogens with one attached hydrogen (secondary N) is 1. The Kier molecular flexibility index (Phi) is 2.97. The van der Waals surface area contributed by atoms with Crippen LogP contribution in [0.3, 0.4) is 0 Å². The summed E-state index contributed by atoms with van der Waals surface area (Å²) in [6.07, 6.45) is 0. The average molecular weight is 252 g/mol. The molecule has 1 aromatic carbocycles. The van der Waals surface area contributed by atoms with Crippen LogP contribution in [-0.4, -0.2) is 20.6 Å². The van der Waals surface area contributed by atoms with Gasteiger partial charge in [-0.1, -0.05) is 0 Å². The Balaban J connectivity index is 3.32. The molecule has 1 nitrogen and oxygen atoms in total. The van der Waals surface area contributed by atoms with Crippen LogP contribution in [0.15, 0.2) is 18.2 Å². The van der Waals surface area contributed by atoms with E-state index in [0.29, 0.717) is 15.6 Å². The van der Waals surface area contributed by atoms with Gasteiger partial charge in [-0.2, -0.15) is 0 Å². The topological polar surface area (TPSA) is 23.9 Å². The fraction of sp³-hybridized carbons (Fsp3) is 0. The molecule has 57 valence electrons. The Labute approximate surface area is 83.0 Å². The first kappa shape index (κ1) is 9.08. The molecule has 0 aliphatic heterocycles. The second kappa shape index (κ2) is 3.59. The van der Waals surface area contributed by atoms with Gasteiger partial charge in [-0.3, -0.25) is 0 Å². The molecule has 1 radical (unpaired) electrons. The summed E-state index contributed by atoms with van der Waals surface area (Å²) in [5.74, 6) is 0. The normalized spacial score (nSPS) is 9.64. The Morgan fingerprint density at radius 1 is 1.27 bits per heavy atom. The second-order valence-electron chi connectivity index (χ2n) is 1.93. The van der Waals surface area contributed by atoms with Gasteiger partial charge < -0.3 is 0 Å². The van der Waals surface area contributed by atoms with E-state index in [1.807, 2.05) is 0 Å². The van der Waals surface area contributed by atoms with E-state index in [9.17, 15) is 0 Å². The summed E-state index contributed by atoms with van der Waals surface area (Å²) in [5, 5.41) is 8.29. The fourth-order valence-electron chi connectivity index (χ4n) is 0.715. The molecule has 0 aliphatic rings. The molecule has 0 unspecified atom stereocenters. The summed E-state index contributed by atoms with van der Waals surface area (Å²) >= 11 is 14.1. The molecule has 1 rings (SSSR count). The van der Waals surface area contributed by atoms with E-state index in [4.69, 9.17) is 28.6 Å². The summed E-state index contributed by atoms with van der Waals surface area (Å²) in [5.41, 5.74) is 0.566. The van der Waals surface area contributed by atoms with Crippen LogP contribution in [0, 0.1) is 5.41 Å². The third-order valence-corrected chi connectivity index (χ3v) is 2.25. The fourth-order valence-corrected chi connectivity index (χ4v) is 2.02. The van der Waals surface area contributed by atoms with E-state index in [-0.39, 0.29) is 4.61 Å². The van der Waals surface area contributed by atoms with Gasteiger partial charge in [0.05, 0.1) is 0 Å². The molecule has 0 heterocycles. The Morgan fingerprint density at radius 2 is 1.73 bits per heavy atom. The van der Waals surface area contributed by atoms with Gasteiger partial charge in [0.15, 0.2) is 0 Å². The van der Waals surface area contributed by atoms with Crippen LogP contribution in [0.5, 0.6) is 0 Å². The van der Waals surface area contributed by atoms with Crippen LogP contribution in [0.1, 0.15) is 5.56 Å². The number of halogens is 2. The summed E-state index contributed by atoms with van der Waals surface area (Å²) in [6.45, 7) is 0. The molecule has 11 heavy (non-hydrogen) atoms. The van der Waals surface area contributed by atoms with Crippen molar-refractivity contribution >= 4 is 43.8 Å². The van der Waals surface area contributed by atoms with Crippen LogP contribution < -0.4 is 0 Å². The summed E-state index contributed by atoms with van der Waals surface area (Å²) in [4.78, 5) is 0. The Hall–Kier alpha value is -0.0105. The van der Waals surface area contributed by atoms with E-state index in [1.165, 1.54) is 0 Å². The average Bonchev–Trinajstić information content (AvgIpc) is 1.85. The predicted octanol–water partition coefficient (Wildman–Crippen LogP) is 2.49. The molecule has 1 aromatic rings. The van der Waals surface area contributed by atoms with Crippen molar-refractivity contribution < 1.29 is 0 Å². The predicted molar refractivity (Wildman–Crippen MR) is 49.0 cm³/mol. The van der Waals surface area contributed by atoms with Crippen LogP contribution in [0.2, 0.25) is 10.0 Å². The Bertz CT molecular complexity index is 278. The van der Waals surface area contributed by atoms with Gasteiger partial charge in [0.2, 0.25) is 0 Å². The van der Waals surface area contributed by atoms with Crippen molar-refractivity contribution in [1.82, 2.24) is 0 Å². The molecule has 0 saturated heterocycles. The molecular formula is C7H4Cl2NSe. The molecule has 0 fully saturated rings. The van der Waals surface area contributed by atoms with Crippen molar-refractivity contribution in [1.29, 1.82) is 5.41 Å². The molecule has 1 N–H and O–H groups in total. The number of rotatable bonds is 1. The molecule has 0 bridgehead atoms. The van der Waals surface area contributed by atoms with Crippen molar-refractivity contribution in [2.45, 2.75) is 0 Å². The van der Waals surface area contributed by atoms with Crippen molar-refractivity contribution in [3.05, 3.63) is 33.8 Å².